The van der Waals surface area contributed by atoms with Gasteiger partial charge in [0, 0.05) is 0 Å². The van der Waals surface area contributed by atoms with Gasteiger partial charge in [-0.05, 0) is 12.7 Å². The lowest BCUT2D eigenvalue weighted by Gasteiger charge is -2.02. The van der Waals surface area contributed by atoms with Crippen molar-refractivity contribution in [2.45, 2.75) is 18.9 Å². The van der Waals surface area contributed by atoms with Gasteiger partial charge in [0.15, 0.2) is 5.09 Å². The standard InChI is InChI=1S/C11H14O5S/c1-5-17-11-8(10(13)15-4)7(6(2)16-11)9(12)14-3/h5H2,1-4H3. The Morgan fingerprint density at radius 3 is 2.18 bits per heavy atom. The maximum atomic E-state index is 11.7. The van der Waals surface area contributed by atoms with Gasteiger partial charge in [0.1, 0.15) is 16.9 Å². The number of hydrogen-bond donors (Lipinski definition) is 0. The lowest BCUT2D eigenvalue weighted by Crippen LogP contribution is -2.11. The smallest absolute Gasteiger partial charge is 0.343 e. The molecular formula is C11H14O5S. The Morgan fingerprint density at radius 2 is 1.71 bits per heavy atom. The Kier molecular flexibility index (Phi) is 4.62. The van der Waals surface area contributed by atoms with Gasteiger partial charge in [0.25, 0.3) is 0 Å². The highest BCUT2D eigenvalue weighted by Crippen LogP contribution is 2.31. The Labute approximate surface area is 103 Å². The van der Waals surface area contributed by atoms with E-state index in [1.807, 2.05) is 6.92 Å². The summed E-state index contributed by atoms with van der Waals surface area (Å²) in [5.74, 6) is -0.126. The number of carbonyl (C=O) groups is 2. The van der Waals surface area contributed by atoms with E-state index in [1.165, 1.54) is 26.0 Å². The fraction of sp³-hybridized carbons (Fsp3) is 0.455. The lowest BCUT2D eigenvalue weighted by molar-refractivity contribution is 0.0553. The fourth-order valence-corrected chi connectivity index (χ4v) is 2.16. The third-order valence-corrected chi connectivity index (χ3v) is 2.94. The van der Waals surface area contributed by atoms with Gasteiger partial charge in [-0.3, -0.25) is 0 Å². The molecule has 1 aromatic heterocycles. The van der Waals surface area contributed by atoms with Crippen LogP contribution in [0.15, 0.2) is 9.51 Å². The highest BCUT2D eigenvalue weighted by Gasteiger charge is 2.29. The van der Waals surface area contributed by atoms with Gasteiger partial charge in [0.05, 0.1) is 14.2 Å². The van der Waals surface area contributed by atoms with Gasteiger partial charge in [-0.15, -0.1) is 0 Å². The summed E-state index contributed by atoms with van der Waals surface area (Å²) in [6.07, 6.45) is 0. The number of carbonyl (C=O) groups excluding carboxylic acids is 2. The molecule has 17 heavy (non-hydrogen) atoms. The normalized spacial score (nSPS) is 10.1. The minimum Gasteiger partial charge on any atom is -0.465 e. The average Bonchev–Trinajstić information content (AvgIpc) is 2.64. The first-order chi connectivity index (χ1) is 8.06. The summed E-state index contributed by atoms with van der Waals surface area (Å²) in [4.78, 5) is 23.3. The number of ether oxygens (including phenoxy) is 2. The number of aryl methyl sites for hydroxylation is 1. The molecule has 0 atom stereocenters. The Hall–Kier alpha value is -1.43. The maximum Gasteiger partial charge on any atom is 0.343 e. The van der Waals surface area contributed by atoms with Crippen molar-refractivity contribution < 1.29 is 23.5 Å². The summed E-state index contributed by atoms with van der Waals surface area (Å²) in [7, 11) is 2.51. The molecule has 0 aliphatic heterocycles. The van der Waals surface area contributed by atoms with Crippen molar-refractivity contribution in [1.29, 1.82) is 0 Å². The molecule has 1 heterocycles. The first kappa shape index (κ1) is 13.6. The molecule has 0 saturated carbocycles. The van der Waals surface area contributed by atoms with Gasteiger partial charge in [0.2, 0.25) is 0 Å². The van der Waals surface area contributed by atoms with E-state index < -0.39 is 11.9 Å². The molecule has 1 aromatic rings. The Morgan fingerprint density at radius 1 is 1.18 bits per heavy atom. The topological polar surface area (TPSA) is 65.7 Å². The number of thioether (sulfide) groups is 1. The first-order valence-electron chi connectivity index (χ1n) is 4.99. The monoisotopic (exact) mass is 258 g/mol. The second-order valence-corrected chi connectivity index (χ2v) is 4.35. The molecule has 94 valence electrons. The SMILES string of the molecule is CCSc1oc(C)c(C(=O)OC)c1C(=O)OC. The summed E-state index contributed by atoms with van der Waals surface area (Å²) in [5.41, 5.74) is 0.277. The molecule has 0 aromatic carbocycles. The number of furan rings is 1. The van der Waals surface area contributed by atoms with E-state index in [0.717, 1.165) is 5.75 Å². The van der Waals surface area contributed by atoms with Gasteiger partial charge >= 0.3 is 11.9 Å². The number of esters is 2. The minimum absolute atomic E-state index is 0.135. The van der Waals surface area contributed by atoms with Crippen LogP contribution >= 0.6 is 11.8 Å². The number of rotatable bonds is 4. The third kappa shape index (κ3) is 2.63. The van der Waals surface area contributed by atoms with E-state index in [1.54, 1.807) is 6.92 Å². The maximum absolute atomic E-state index is 11.7. The van der Waals surface area contributed by atoms with Crippen LogP contribution in [0.1, 0.15) is 33.4 Å². The largest absolute Gasteiger partial charge is 0.465 e. The fourth-order valence-electron chi connectivity index (χ4n) is 1.39. The lowest BCUT2D eigenvalue weighted by atomic mass is 10.1. The van der Waals surface area contributed by atoms with Crippen LogP contribution in [0, 0.1) is 6.92 Å². The number of methoxy groups -OCH3 is 2. The van der Waals surface area contributed by atoms with Crippen molar-refractivity contribution in [3.05, 3.63) is 16.9 Å². The van der Waals surface area contributed by atoms with Crippen LogP contribution in [0.5, 0.6) is 0 Å². The van der Waals surface area contributed by atoms with Crippen LogP contribution in [-0.2, 0) is 9.47 Å². The number of hydrogen-bond acceptors (Lipinski definition) is 6. The average molecular weight is 258 g/mol. The Balaban J connectivity index is 3.36. The molecule has 0 spiro atoms. The molecule has 0 amide bonds. The van der Waals surface area contributed by atoms with Crippen LogP contribution in [-0.4, -0.2) is 31.9 Å². The van der Waals surface area contributed by atoms with Crippen LogP contribution in [0.25, 0.3) is 0 Å². The van der Waals surface area contributed by atoms with E-state index in [2.05, 4.69) is 9.47 Å². The molecule has 0 bridgehead atoms. The molecule has 0 unspecified atom stereocenters. The predicted octanol–water partition coefficient (Wildman–Crippen LogP) is 2.27. The summed E-state index contributed by atoms with van der Waals surface area (Å²) in [6.45, 7) is 3.53. The van der Waals surface area contributed by atoms with Crippen LogP contribution < -0.4 is 0 Å². The molecule has 0 aliphatic rings. The van der Waals surface area contributed by atoms with Crippen molar-refractivity contribution >= 4 is 23.7 Å². The van der Waals surface area contributed by atoms with Crippen LogP contribution in [0.2, 0.25) is 0 Å². The predicted molar refractivity (Wildman–Crippen MR) is 62.5 cm³/mol. The molecule has 0 N–H and O–H groups in total. The third-order valence-electron chi connectivity index (χ3n) is 2.11. The van der Waals surface area contributed by atoms with E-state index in [0.29, 0.717) is 10.9 Å². The molecule has 0 fully saturated rings. The van der Waals surface area contributed by atoms with Crippen LogP contribution in [0.3, 0.4) is 0 Å². The summed E-state index contributed by atoms with van der Waals surface area (Å²) < 4.78 is 14.7. The van der Waals surface area contributed by atoms with E-state index in [9.17, 15) is 9.59 Å². The van der Waals surface area contributed by atoms with E-state index >= 15 is 0 Å². The minimum atomic E-state index is -0.602. The van der Waals surface area contributed by atoms with Crippen molar-refractivity contribution in [1.82, 2.24) is 0 Å². The molecule has 5 nitrogen and oxygen atoms in total. The zero-order valence-electron chi connectivity index (χ0n) is 10.2. The summed E-state index contributed by atoms with van der Waals surface area (Å²) in [5, 5.41) is 0.386. The van der Waals surface area contributed by atoms with E-state index in [4.69, 9.17) is 4.42 Å². The zero-order chi connectivity index (χ0) is 13.0. The highest BCUT2D eigenvalue weighted by molar-refractivity contribution is 7.99. The molecule has 1 rings (SSSR count). The molecular weight excluding hydrogens is 244 g/mol. The van der Waals surface area contributed by atoms with Gasteiger partial charge < -0.3 is 13.9 Å². The van der Waals surface area contributed by atoms with Gasteiger partial charge in [-0.1, -0.05) is 18.7 Å². The van der Waals surface area contributed by atoms with Crippen molar-refractivity contribution in [3.8, 4) is 0 Å². The molecule has 0 aliphatic carbocycles. The van der Waals surface area contributed by atoms with Crippen molar-refractivity contribution in [3.63, 3.8) is 0 Å². The zero-order valence-corrected chi connectivity index (χ0v) is 11.0. The molecule has 0 radical (unpaired) electrons. The highest BCUT2D eigenvalue weighted by atomic mass is 32.2. The molecule has 6 heteroatoms. The van der Waals surface area contributed by atoms with E-state index in [-0.39, 0.29) is 11.1 Å². The van der Waals surface area contributed by atoms with Crippen molar-refractivity contribution in [2.75, 3.05) is 20.0 Å². The quantitative estimate of drug-likeness (QED) is 0.609. The van der Waals surface area contributed by atoms with Crippen molar-refractivity contribution in [2.24, 2.45) is 0 Å². The second kappa shape index (κ2) is 5.77. The van der Waals surface area contributed by atoms with Gasteiger partial charge in [-0.25, -0.2) is 9.59 Å². The van der Waals surface area contributed by atoms with Crippen LogP contribution in [0.4, 0.5) is 0 Å². The Bertz CT molecular complexity index is 435. The second-order valence-electron chi connectivity index (χ2n) is 3.11. The molecule has 0 saturated heterocycles. The first-order valence-corrected chi connectivity index (χ1v) is 5.98. The van der Waals surface area contributed by atoms with Gasteiger partial charge in [-0.2, -0.15) is 0 Å². The summed E-state index contributed by atoms with van der Waals surface area (Å²) >= 11 is 1.33. The summed E-state index contributed by atoms with van der Waals surface area (Å²) in [6, 6.07) is 0.